The summed E-state index contributed by atoms with van der Waals surface area (Å²) in [6, 6.07) is 5.33. The summed E-state index contributed by atoms with van der Waals surface area (Å²) >= 11 is 11.3. The Balaban J connectivity index is 3.17. The molecule has 45 valence electrons. The van der Waals surface area contributed by atoms with E-state index in [1.54, 1.807) is 12.1 Å². The van der Waals surface area contributed by atoms with Gasteiger partial charge in [0.25, 0.3) is 0 Å². The van der Waals surface area contributed by atoms with E-state index in [4.69, 9.17) is 23.2 Å². The van der Waals surface area contributed by atoms with Crippen molar-refractivity contribution in [3.63, 3.8) is 0 Å². The van der Waals surface area contributed by atoms with Gasteiger partial charge in [0.05, 0.1) is 20.3 Å². The van der Waals surface area contributed by atoms with Crippen molar-refractivity contribution in [3.05, 3.63) is 28.2 Å². The third kappa shape index (κ3) is 1.71. The van der Waals surface area contributed by atoms with Crippen LogP contribution in [-0.4, -0.2) is 10.2 Å². The normalized spacial score (nSPS) is 9.67. The molecule has 0 aliphatic rings. The summed E-state index contributed by atoms with van der Waals surface area (Å²) in [7, 11) is 3.30. The summed E-state index contributed by atoms with van der Waals surface area (Å²) in [5.41, 5.74) is 0. The van der Waals surface area contributed by atoms with Crippen molar-refractivity contribution in [2.24, 2.45) is 0 Å². The van der Waals surface area contributed by atoms with Gasteiger partial charge in [-0.1, -0.05) is 34.5 Å². The van der Waals surface area contributed by atoms with Crippen LogP contribution in [0, 0.1) is 0 Å². The molecule has 0 aliphatic heterocycles. The summed E-state index contributed by atoms with van der Waals surface area (Å²) in [6.45, 7) is 0. The Morgan fingerprint density at radius 2 is 1.78 bits per heavy atom. The number of halogens is 2. The first-order valence-corrected chi connectivity index (χ1v) is 3.62. The second-order valence-corrected chi connectivity index (χ2v) is 3.02. The second kappa shape index (κ2) is 2.73. The summed E-state index contributed by atoms with van der Waals surface area (Å²) in [5, 5.41) is 2.09. The van der Waals surface area contributed by atoms with Gasteiger partial charge >= 0.3 is 0 Å². The molecule has 0 fully saturated rings. The first kappa shape index (κ1) is 7.13. The first-order chi connectivity index (χ1) is 4.20. The van der Waals surface area contributed by atoms with Gasteiger partial charge in [-0.25, -0.2) is 0 Å². The van der Waals surface area contributed by atoms with Crippen LogP contribution in [0.2, 0.25) is 10.0 Å². The molecule has 0 spiro atoms. The maximum Gasteiger partial charge on any atom is 0.0712 e. The van der Waals surface area contributed by atoms with Gasteiger partial charge in [-0.15, -0.1) is 0 Å². The van der Waals surface area contributed by atoms with Crippen LogP contribution in [0.15, 0.2) is 18.2 Å². The molecule has 0 aliphatic carbocycles. The van der Waals surface area contributed by atoms with E-state index in [2.05, 4.69) is 10.2 Å². The molecular formula is C6H3Cl2Si. The van der Waals surface area contributed by atoms with Crippen molar-refractivity contribution in [2.45, 2.75) is 0 Å². The molecule has 0 bridgehead atoms. The molecule has 0 unspecified atom stereocenters. The van der Waals surface area contributed by atoms with Gasteiger partial charge in [-0.2, -0.15) is 0 Å². The fourth-order valence-electron chi connectivity index (χ4n) is 0.496. The first-order valence-electron chi connectivity index (χ1n) is 2.37. The minimum absolute atomic E-state index is 0.573. The maximum atomic E-state index is 5.65. The van der Waals surface area contributed by atoms with Gasteiger partial charge in [0.15, 0.2) is 0 Å². The zero-order valence-corrected chi connectivity index (χ0v) is 7.00. The van der Waals surface area contributed by atoms with Crippen LogP contribution in [0.3, 0.4) is 0 Å². The Kier molecular flexibility index (Phi) is 2.16. The van der Waals surface area contributed by atoms with E-state index in [9.17, 15) is 0 Å². The average molecular weight is 174 g/mol. The van der Waals surface area contributed by atoms with Crippen molar-refractivity contribution < 1.29 is 0 Å². The molecule has 9 heavy (non-hydrogen) atoms. The molecule has 0 N–H and O–H groups in total. The SMILES string of the molecule is [Si]c1ccc(Cl)c(Cl)c1. The van der Waals surface area contributed by atoms with Crippen molar-refractivity contribution in [3.8, 4) is 0 Å². The molecule has 0 saturated carbocycles. The van der Waals surface area contributed by atoms with Crippen LogP contribution >= 0.6 is 23.2 Å². The number of benzene rings is 1. The quantitative estimate of drug-likeness (QED) is 0.526. The topological polar surface area (TPSA) is 0 Å². The van der Waals surface area contributed by atoms with Crippen molar-refractivity contribution >= 4 is 38.6 Å². The van der Waals surface area contributed by atoms with Crippen molar-refractivity contribution in [2.75, 3.05) is 0 Å². The lowest BCUT2D eigenvalue weighted by Gasteiger charge is -1.94. The maximum absolute atomic E-state index is 5.65. The van der Waals surface area contributed by atoms with Gasteiger partial charge in [-0.3, -0.25) is 0 Å². The van der Waals surface area contributed by atoms with Crippen LogP contribution in [-0.2, 0) is 0 Å². The van der Waals surface area contributed by atoms with Crippen LogP contribution in [0.5, 0.6) is 0 Å². The van der Waals surface area contributed by atoms with Crippen LogP contribution < -0.4 is 5.19 Å². The van der Waals surface area contributed by atoms with E-state index in [1.165, 1.54) is 0 Å². The predicted octanol–water partition coefficient (Wildman–Crippen LogP) is 1.79. The van der Waals surface area contributed by atoms with E-state index < -0.39 is 0 Å². The third-order valence-corrected chi connectivity index (χ3v) is 1.97. The molecule has 1 aromatic rings. The molecule has 0 amide bonds. The zero-order valence-electron chi connectivity index (χ0n) is 4.49. The van der Waals surface area contributed by atoms with Gasteiger partial charge in [-0.05, 0) is 12.1 Å². The fourth-order valence-corrected chi connectivity index (χ4v) is 1.11. The second-order valence-electron chi connectivity index (χ2n) is 1.63. The monoisotopic (exact) mass is 173 g/mol. The smallest absolute Gasteiger partial charge is 0.0712 e. The number of hydrogen-bond donors (Lipinski definition) is 0. The molecule has 0 heterocycles. The fraction of sp³-hybridized carbons (Fsp3) is 0. The molecule has 0 saturated heterocycles. The summed E-state index contributed by atoms with van der Waals surface area (Å²) in [5.74, 6) is 0. The highest BCUT2D eigenvalue weighted by atomic mass is 35.5. The Hall–Kier alpha value is 0.0169. The number of rotatable bonds is 0. The zero-order chi connectivity index (χ0) is 6.85. The molecule has 1 rings (SSSR count). The van der Waals surface area contributed by atoms with Gasteiger partial charge in [0, 0.05) is 0 Å². The Labute approximate surface area is 67.2 Å². The molecule has 0 aromatic heterocycles. The molecular weight excluding hydrogens is 171 g/mol. The van der Waals surface area contributed by atoms with Crippen LogP contribution in [0.4, 0.5) is 0 Å². The molecule has 1 aromatic carbocycles. The summed E-state index contributed by atoms with van der Waals surface area (Å²) in [4.78, 5) is 0. The lowest BCUT2D eigenvalue weighted by molar-refractivity contribution is 1.76. The Bertz CT molecular complexity index is 222. The average Bonchev–Trinajstić information content (AvgIpc) is 1.80. The lowest BCUT2D eigenvalue weighted by Crippen LogP contribution is -1.99. The third-order valence-electron chi connectivity index (χ3n) is 0.920. The molecule has 0 atom stereocenters. The highest BCUT2D eigenvalue weighted by Gasteiger charge is 1.93. The highest BCUT2D eigenvalue weighted by molar-refractivity contribution is 6.43. The Morgan fingerprint density at radius 1 is 1.11 bits per heavy atom. The minimum atomic E-state index is 0.573. The van der Waals surface area contributed by atoms with Crippen molar-refractivity contribution in [1.29, 1.82) is 0 Å². The Morgan fingerprint density at radius 3 is 2.22 bits per heavy atom. The predicted molar refractivity (Wildman–Crippen MR) is 41.9 cm³/mol. The minimum Gasteiger partial charge on any atom is -0.0827 e. The molecule has 0 nitrogen and oxygen atoms in total. The van der Waals surface area contributed by atoms with E-state index >= 15 is 0 Å². The van der Waals surface area contributed by atoms with Crippen LogP contribution in [0.1, 0.15) is 0 Å². The highest BCUT2D eigenvalue weighted by Crippen LogP contribution is 2.18. The molecule has 3 radical (unpaired) electrons. The van der Waals surface area contributed by atoms with E-state index in [0.29, 0.717) is 10.0 Å². The molecule has 3 heteroatoms. The van der Waals surface area contributed by atoms with E-state index in [0.717, 1.165) is 5.19 Å². The summed E-state index contributed by atoms with van der Waals surface area (Å²) < 4.78 is 0. The van der Waals surface area contributed by atoms with Gasteiger partial charge in [0.1, 0.15) is 0 Å². The van der Waals surface area contributed by atoms with E-state index in [1.807, 2.05) is 6.07 Å². The summed E-state index contributed by atoms with van der Waals surface area (Å²) in [6.07, 6.45) is 0. The lowest BCUT2D eigenvalue weighted by atomic mass is 10.4. The number of hydrogen-bond acceptors (Lipinski definition) is 0. The van der Waals surface area contributed by atoms with E-state index in [-0.39, 0.29) is 0 Å². The largest absolute Gasteiger partial charge is 0.0827 e. The van der Waals surface area contributed by atoms with Gasteiger partial charge < -0.3 is 0 Å². The van der Waals surface area contributed by atoms with Crippen molar-refractivity contribution in [1.82, 2.24) is 0 Å². The standard InChI is InChI=1S/C6H3Cl2Si/c7-5-2-1-4(9)3-6(5)8/h1-3H. The van der Waals surface area contributed by atoms with Crippen LogP contribution in [0.25, 0.3) is 0 Å². The van der Waals surface area contributed by atoms with Gasteiger partial charge in [0.2, 0.25) is 0 Å².